The normalized spacial score (nSPS) is 16.1. The Morgan fingerprint density at radius 3 is 2.94 bits per heavy atom. The summed E-state index contributed by atoms with van der Waals surface area (Å²) in [6.07, 6.45) is 5.76. The van der Waals surface area contributed by atoms with Gasteiger partial charge < -0.3 is 9.88 Å². The fraction of sp³-hybridized carbons (Fsp3) is 0.714. The Morgan fingerprint density at radius 1 is 1.44 bits per heavy atom. The molecule has 1 aromatic rings. The first-order valence-corrected chi connectivity index (χ1v) is 6.94. The summed E-state index contributed by atoms with van der Waals surface area (Å²) >= 11 is 0. The van der Waals surface area contributed by atoms with E-state index in [1.165, 1.54) is 24.2 Å². The molecule has 4 nitrogen and oxygen atoms in total. The van der Waals surface area contributed by atoms with E-state index in [1.807, 2.05) is 6.92 Å². The zero-order valence-corrected chi connectivity index (χ0v) is 11.4. The molecule has 1 aliphatic rings. The summed E-state index contributed by atoms with van der Waals surface area (Å²) in [7, 11) is 0. The first kappa shape index (κ1) is 13.1. The van der Waals surface area contributed by atoms with E-state index in [0.717, 1.165) is 38.2 Å². The molecule has 1 N–H and O–H groups in total. The molecular formula is C14H22N4. The van der Waals surface area contributed by atoms with E-state index < -0.39 is 0 Å². The second-order valence-corrected chi connectivity index (χ2v) is 5.01. The summed E-state index contributed by atoms with van der Waals surface area (Å²) in [6, 6.07) is 2.24. The van der Waals surface area contributed by atoms with Gasteiger partial charge in [0.1, 0.15) is 11.9 Å². The Morgan fingerprint density at radius 2 is 2.22 bits per heavy atom. The van der Waals surface area contributed by atoms with Gasteiger partial charge in [0.2, 0.25) is 0 Å². The minimum absolute atomic E-state index is 0.108. The van der Waals surface area contributed by atoms with Gasteiger partial charge in [0.25, 0.3) is 0 Å². The maximum Gasteiger partial charge on any atom is 0.113 e. The SMILES string of the molecule is CCCNC(C#N)Cn1c(C)nc2c1CCCC2. The van der Waals surface area contributed by atoms with Crippen LogP contribution < -0.4 is 5.32 Å². The van der Waals surface area contributed by atoms with Crippen molar-refractivity contribution in [2.75, 3.05) is 6.54 Å². The number of aromatic nitrogens is 2. The lowest BCUT2D eigenvalue weighted by molar-refractivity contribution is 0.497. The van der Waals surface area contributed by atoms with Gasteiger partial charge in [0.15, 0.2) is 0 Å². The van der Waals surface area contributed by atoms with E-state index in [4.69, 9.17) is 0 Å². The molecular weight excluding hydrogens is 224 g/mol. The average molecular weight is 246 g/mol. The minimum atomic E-state index is -0.108. The smallest absolute Gasteiger partial charge is 0.113 e. The van der Waals surface area contributed by atoms with Crippen molar-refractivity contribution in [3.8, 4) is 6.07 Å². The molecule has 98 valence electrons. The van der Waals surface area contributed by atoms with Crippen molar-refractivity contribution >= 4 is 0 Å². The van der Waals surface area contributed by atoms with Crippen LogP contribution in [0.15, 0.2) is 0 Å². The van der Waals surface area contributed by atoms with Gasteiger partial charge in [-0.05, 0) is 45.6 Å². The van der Waals surface area contributed by atoms with E-state index in [9.17, 15) is 5.26 Å². The van der Waals surface area contributed by atoms with Gasteiger partial charge in [0.05, 0.1) is 18.3 Å². The zero-order valence-electron chi connectivity index (χ0n) is 11.4. The second-order valence-electron chi connectivity index (χ2n) is 5.01. The van der Waals surface area contributed by atoms with E-state index in [1.54, 1.807) is 0 Å². The Balaban J connectivity index is 2.13. The van der Waals surface area contributed by atoms with Crippen LogP contribution in [0.25, 0.3) is 0 Å². The molecule has 4 heteroatoms. The highest BCUT2D eigenvalue weighted by molar-refractivity contribution is 5.20. The summed E-state index contributed by atoms with van der Waals surface area (Å²) in [5, 5.41) is 12.5. The summed E-state index contributed by atoms with van der Waals surface area (Å²) < 4.78 is 2.24. The molecule has 2 rings (SSSR count). The predicted octanol–water partition coefficient (Wildman–Crippen LogP) is 1.96. The number of aryl methyl sites for hydroxylation is 2. The third kappa shape index (κ3) is 2.73. The molecule has 0 saturated carbocycles. The number of imidazole rings is 1. The van der Waals surface area contributed by atoms with E-state index in [0.29, 0.717) is 0 Å². The van der Waals surface area contributed by atoms with E-state index in [-0.39, 0.29) is 6.04 Å². The summed E-state index contributed by atoms with van der Waals surface area (Å²) in [4.78, 5) is 4.64. The maximum absolute atomic E-state index is 9.20. The maximum atomic E-state index is 9.20. The Bertz CT molecular complexity index is 441. The van der Waals surface area contributed by atoms with E-state index >= 15 is 0 Å². The molecule has 0 amide bonds. The fourth-order valence-corrected chi connectivity index (χ4v) is 2.63. The molecule has 1 atom stereocenters. The minimum Gasteiger partial charge on any atom is -0.329 e. The van der Waals surface area contributed by atoms with Crippen molar-refractivity contribution < 1.29 is 0 Å². The highest BCUT2D eigenvalue weighted by Gasteiger charge is 2.19. The summed E-state index contributed by atoms with van der Waals surface area (Å²) in [6.45, 7) is 5.79. The van der Waals surface area contributed by atoms with Crippen molar-refractivity contribution in [3.63, 3.8) is 0 Å². The van der Waals surface area contributed by atoms with Crippen molar-refractivity contribution in [1.29, 1.82) is 5.26 Å². The number of fused-ring (bicyclic) bond motifs is 1. The van der Waals surface area contributed by atoms with Crippen LogP contribution in [0.5, 0.6) is 0 Å². The van der Waals surface area contributed by atoms with Gasteiger partial charge >= 0.3 is 0 Å². The van der Waals surface area contributed by atoms with Gasteiger partial charge in [0, 0.05) is 5.69 Å². The average Bonchev–Trinajstić information content (AvgIpc) is 2.70. The number of rotatable bonds is 5. The molecule has 0 saturated heterocycles. The van der Waals surface area contributed by atoms with Gasteiger partial charge in [-0.15, -0.1) is 0 Å². The molecule has 1 heterocycles. The quantitative estimate of drug-likeness (QED) is 0.864. The van der Waals surface area contributed by atoms with E-state index in [2.05, 4.69) is 27.9 Å². The molecule has 0 aliphatic heterocycles. The molecule has 0 aromatic carbocycles. The van der Waals surface area contributed by atoms with Crippen molar-refractivity contribution in [2.45, 2.75) is 58.5 Å². The molecule has 1 unspecified atom stereocenters. The number of hydrogen-bond donors (Lipinski definition) is 1. The zero-order chi connectivity index (χ0) is 13.0. The van der Waals surface area contributed by atoms with Crippen molar-refractivity contribution in [3.05, 3.63) is 17.2 Å². The van der Waals surface area contributed by atoms with Crippen LogP contribution in [0, 0.1) is 18.3 Å². The van der Waals surface area contributed by atoms with Crippen LogP contribution in [0.3, 0.4) is 0 Å². The van der Waals surface area contributed by atoms with Crippen molar-refractivity contribution in [1.82, 2.24) is 14.9 Å². The van der Waals surface area contributed by atoms with Crippen molar-refractivity contribution in [2.24, 2.45) is 0 Å². The van der Waals surface area contributed by atoms with Crippen LogP contribution in [0.1, 0.15) is 43.4 Å². The Labute approximate surface area is 109 Å². The lowest BCUT2D eigenvalue weighted by Crippen LogP contribution is -2.33. The van der Waals surface area contributed by atoms with Gasteiger partial charge in [-0.3, -0.25) is 0 Å². The molecule has 0 fully saturated rings. The monoisotopic (exact) mass is 246 g/mol. The summed E-state index contributed by atoms with van der Waals surface area (Å²) in [5.41, 5.74) is 2.61. The lowest BCUT2D eigenvalue weighted by Gasteiger charge is -2.17. The topological polar surface area (TPSA) is 53.6 Å². The largest absolute Gasteiger partial charge is 0.329 e. The third-order valence-corrected chi connectivity index (χ3v) is 3.59. The van der Waals surface area contributed by atoms with Gasteiger partial charge in [-0.1, -0.05) is 6.92 Å². The first-order valence-electron chi connectivity index (χ1n) is 6.94. The van der Waals surface area contributed by atoms with Gasteiger partial charge in [-0.2, -0.15) is 5.26 Å². The van der Waals surface area contributed by atoms with Crippen LogP contribution in [0.4, 0.5) is 0 Å². The van der Waals surface area contributed by atoms with Crippen LogP contribution in [0.2, 0.25) is 0 Å². The molecule has 0 bridgehead atoms. The lowest BCUT2D eigenvalue weighted by atomic mass is 10.0. The molecule has 1 aromatic heterocycles. The van der Waals surface area contributed by atoms with Gasteiger partial charge in [-0.25, -0.2) is 4.98 Å². The number of hydrogen-bond acceptors (Lipinski definition) is 3. The molecule has 1 aliphatic carbocycles. The second kappa shape index (κ2) is 6.01. The standard InChI is InChI=1S/C14H22N4/c1-3-8-16-12(9-15)10-18-11(2)17-13-6-4-5-7-14(13)18/h12,16H,3-8,10H2,1-2H3. The molecule has 0 radical (unpaired) electrons. The number of nitrogens with one attached hydrogen (secondary N) is 1. The highest BCUT2D eigenvalue weighted by atomic mass is 15.1. The Kier molecular flexibility index (Phi) is 4.38. The predicted molar refractivity (Wildman–Crippen MR) is 71.3 cm³/mol. The summed E-state index contributed by atoms with van der Waals surface area (Å²) in [5.74, 6) is 1.06. The number of nitriles is 1. The highest BCUT2D eigenvalue weighted by Crippen LogP contribution is 2.22. The van der Waals surface area contributed by atoms with Crippen LogP contribution in [-0.2, 0) is 19.4 Å². The third-order valence-electron chi connectivity index (χ3n) is 3.59. The number of nitrogens with zero attached hydrogens (tertiary/aromatic N) is 3. The molecule has 0 spiro atoms. The Hall–Kier alpha value is -1.34. The molecule has 18 heavy (non-hydrogen) atoms. The van der Waals surface area contributed by atoms with Crippen LogP contribution in [-0.4, -0.2) is 22.1 Å². The van der Waals surface area contributed by atoms with Crippen LogP contribution >= 0.6 is 0 Å². The first-order chi connectivity index (χ1) is 8.76. The fourth-order valence-electron chi connectivity index (χ4n) is 2.63.